The zero-order chi connectivity index (χ0) is 18.7. The van der Waals surface area contributed by atoms with Crippen LogP contribution < -0.4 is 4.72 Å². The average Bonchev–Trinajstić information content (AvgIpc) is 3.01. The molecule has 0 saturated carbocycles. The number of sulfonamides is 1. The fourth-order valence-corrected chi connectivity index (χ4v) is 5.55. The van der Waals surface area contributed by atoms with Gasteiger partial charge in [0, 0.05) is 13.1 Å². The summed E-state index contributed by atoms with van der Waals surface area (Å²) in [6.07, 6.45) is 2.27. The van der Waals surface area contributed by atoms with Crippen molar-refractivity contribution in [1.29, 1.82) is 0 Å². The van der Waals surface area contributed by atoms with Gasteiger partial charge in [0.15, 0.2) is 4.34 Å². The van der Waals surface area contributed by atoms with Gasteiger partial charge in [0.1, 0.15) is 0 Å². The van der Waals surface area contributed by atoms with E-state index in [1.54, 1.807) is 25.1 Å². The monoisotopic (exact) mass is 413 g/mol. The van der Waals surface area contributed by atoms with Gasteiger partial charge in [-0.1, -0.05) is 18.7 Å². The first-order chi connectivity index (χ1) is 12.4. The van der Waals surface area contributed by atoms with Crippen molar-refractivity contribution in [3.8, 4) is 0 Å². The average molecular weight is 414 g/mol. The van der Waals surface area contributed by atoms with Crippen LogP contribution in [0.2, 0.25) is 0 Å². The van der Waals surface area contributed by atoms with E-state index >= 15 is 0 Å². The summed E-state index contributed by atoms with van der Waals surface area (Å²) in [6.45, 7) is 5.48. The van der Waals surface area contributed by atoms with E-state index in [2.05, 4.69) is 16.6 Å². The number of rotatable bonds is 6. The summed E-state index contributed by atoms with van der Waals surface area (Å²) in [7, 11) is -3.29. The summed E-state index contributed by atoms with van der Waals surface area (Å²) in [4.78, 5) is 18.9. The number of thiazole rings is 1. The molecule has 1 unspecified atom stereocenters. The van der Waals surface area contributed by atoms with E-state index in [0.29, 0.717) is 17.4 Å². The van der Waals surface area contributed by atoms with Gasteiger partial charge in [-0.05, 0) is 43.9 Å². The molecule has 1 aliphatic rings. The number of hydrogen-bond donors (Lipinski definition) is 1. The molecule has 2 aromatic rings. The van der Waals surface area contributed by atoms with Crippen LogP contribution in [0, 0.1) is 5.92 Å². The Hall–Kier alpha value is -1.32. The Labute approximate surface area is 162 Å². The van der Waals surface area contributed by atoms with Gasteiger partial charge < -0.3 is 4.90 Å². The molecule has 9 heteroatoms. The molecule has 1 aliphatic heterocycles. The first-order valence-corrected chi connectivity index (χ1v) is 12.1. The summed E-state index contributed by atoms with van der Waals surface area (Å²) in [6, 6.07) is 5.31. The molecule has 6 nitrogen and oxygen atoms in total. The number of anilines is 1. The number of piperidine rings is 1. The van der Waals surface area contributed by atoms with E-state index in [1.165, 1.54) is 29.5 Å². The van der Waals surface area contributed by atoms with E-state index in [4.69, 9.17) is 0 Å². The van der Waals surface area contributed by atoms with E-state index in [-0.39, 0.29) is 11.7 Å². The minimum Gasteiger partial charge on any atom is -0.342 e. The highest BCUT2D eigenvalue weighted by Crippen LogP contribution is 2.32. The molecule has 1 N–H and O–H groups in total. The van der Waals surface area contributed by atoms with Crippen LogP contribution in [0.4, 0.5) is 5.69 Å². The predicted octanol–water partition coefficient (Wildman–Crippen LogP) is 3.41. The van der Waals surface area contributed by atoms with E-state index in [9.17, 15) is 13.2 Å². The second-order valence-corrected chi connectivity index (χ2v) is 10.8. The third-order valence-electron chi connectivity index (χ3n) is 4.35. The maximum atomic E-state index is 12.4. The highest BCUT2D eigenvalue weighted by molar-refractivity contribution is 8.01. The molecule has 142 valence electrons. The molecule has 0 spiro atoms. The molecule has 1 amide bonds. The number of aromatic nitrogens is 1. The van der Waals surface area contributed by atoms with Gasteiger partial charge in [0.2, 0.25) is 15.9 Å². The standard InChI is InChI=1S/C17H23N3O3S3/c1-3-26(22,23)19-13-6-7-14-15(9-13)25-17(18-14)24-11-16(21)20-8-4-5-12(2)10-20/h6-7,9,12,19H,3-5,8,10-11H2,1-2H3. The molecule has 1 atom stereocenters. The largest absolute Gasteiger partial charge is 0.342 e. The van der Waals surface area contributed by atoms with Gasteiger partial charge in [-0.25, -0.2) is 13.4 Å². The Morgan fingerprint density at radius 2 is 2.27 bits per heavy atom. The second-order valence-electron chi connectivity index (χ2n) is 6.54. The van der Waals surface area contributed by atoms with E-state index in [1.807, 2.05) is 4.90 Å². The SMILES string of the molecule is CCS(=O)(=O)Nc1ccc2nc(SCC(=O)N3CCCC(C)C3)sc2c1. The number of hydrogen-bond acceptors (Lipinski definition) is 6. The van der Waals surface area contributed by atoms with E-state index in [0.717, 1.165) is 34.1 Å². The lowest BCUT2D eigenvalue weighted by atomic mass is 10.0. The minimum atomic E-state index is -3.29. The molecule has 1 aromatic carbocycles. The van der Waals surface area contributed by atoms with Crippen molar-refractivity contribution in [2.45, 2.75) is 31.0 Å². The summed E-state index contributed by atoms with van der Waals surface area (Å²) in [5, 5.41) is 0. The predicted molar refractivity (Wildman–Crippen MR) is 108 cm³/mol. The molecule has 3 rings (SSSR count). The summed E-state index contributed by atoms with van der Waals surface area (Å²) in [5.41, 5.74) is 1.36. The Morgan fingerprint density at radius 1 is 1.46 bits per heavy atom. The first kappa shape index (κ1) is 19.4. The Kier molecular flexibility index (Phi) is 6.09. The van der Waals surface area contributed by atoms with Crippen molar-refractivity contribution in [2.75, 3.05) is 29.3 Å². The van der Waals surface area contributed by atoms with Crippen molar-refractivity contribution < 1.29 is 13.2 Å². The van der Waals surface area contributed by atoms with Crippen LogP contribution in [0.5, 0.6) is 0 Å². The van der Waals surface area contributed by atoms with Crippen LogP contribution >= 0.6 is 23.1 Å². The number of likely N-dealkylation sites (tertiary alicyclic amines) is 1. The minimum absolute atomic E-state index is 0.0338. The number of carbonyl (C=O) groups excluding carboxylic acids is 1. The summed E-state index contributed by atoms with van der Waals surface area (Å²) in [5.74, 6) is 1.16. The number of thioether (sulfide) groups is 1. The Morgan fingerprint density at radius 3 is 3.00 bits per heavy atom. The third-order valence-corrected chi connectivity index (χ3v) is 7.80. The van der Waals surface area contributed by atoms with E-state index < -0.39 is 10.0 Å². The normalized spacial score (nSPS) is 18.2. The van der Waals surface area contributed by atoms with Gasteiger partial charge >= 0.3 is 0 Å². The molecular formula is C17H23N3O3S3. The van der Waals surface area contributed by atoms with Crippen LogP contribution in [0.25, 0.3) is 10.2 Å². The fourth-order valence-electron chi connectivity index (χ4n) is 2.91. The highest BCUT2D eigenvalue weighted by Gasteiger charge is 2.21. The molecule has 0 aliphatic carbocycles. The van der Waals surface area contributed by atoms with Crippen LogP contribution in [0.3, 0.4) is 0 Å². The molecule has 2 heterocycles. The number of nitrogens with zero attached hydrogens (tertiary/aromatic N) is 2. The molecule has 1 aromatic heterocycles. The van der Waals surface area contributed by atoms with Crippen molar-refractivity contribution in [1.82, 2.24) is 9.88 Å². The Balaban J connectivity index is 1.64. The number of fused-ring (bicyclic) bond motifs is 1. The molecule has 1 fully saturated rings. The molecular weight excluding hydrogens is 390 g/mol. The quantitative estimate of drug-likeness (QED) is 0.734. The van der Waals surface area contributed by atoms with Gasteiger partial charge in [-0.15, -0.1) is 11.3 Å². The molecule has 0 radical (unpaired) electrons. The number of nitrogens with one attached hydrogen (secondary N) is 1. The lowest BCUT2D eigenvalue weighted by molar-refractivity contribution is -0.130. The van der Waals surface area contributed by atoms with Crippen molar-refractivity contribution in [3.05, 3.63) is 18.2 Å². The summed E-state index contributed by atoms with van der Waals surface area (Å²) < 4.78 is 27.7. The van der Waals surface area contributed by atoms with Crippen molar-refractivity contribution in [2.24, 2.45) is 5.92 Å². The number of amides is 1. The van der Waals surface area contributed by atoms with Crippen molar-refractivity contribution in [3.63, 3.8) is 0 Å². The van der Waals surface area contributed by atoms with Crippen LogP contribution in [0.1, 0.15) is 26.7 Å². The highest BCUT2D eigenvalue weighted by atomic mass is 32.2. The van der Waals surface area contributed by atoms with Crippen LogP contribution in [-0.4, -0.2) is 48.8 Å². The molecule has 1 saturated heterocycles. The zero-order valence-corrected chi connectivity index (χ0v) is 17.3. The maximum Gasteiger partial charge on any atom is 0.233 e. The van der Waals surface area contributed by atoms with Gasteiger partial charge in [0.05, 0.1) is 27.4 Å². The lowest BCUT2D eigenvalue weighted by Gasteiger charge is -2.30. The zero-order valence-electron chi connectivity index (χ0n) is 14.9. The summed E-state index contributed by atoms with van der Waals surface area (Å²) >= 11 is 2.93. The Bertz CT molecular complexity index is 895. The lowest BCUT2D eigenvalue weighted by Crippen LogP contribution is -2.40. The smallest absolute Gasteiger partial charge is 0.233 e. The van der Waals surface area contributed by atoms with Crippen LogP contribution in [-0.2, 0) is 14.8 Å². The topological polar surface area (TPSA) is 79.4 Å². The molecule has 0 bridgehead atoms. The fraction of sp³-hybridized carbons (Fsp3) is 0.529. The maximum absolute atomic E-state index is 12.4. The van der Waals surface area contributed by atoms with Gasteiger partial charge in [-0.2, -0.15) is 0 Å². The van der Waals surface area contributed by atoms with Gasteiger partial charge in [0.25, 0.3) is 0 Å². The van der Waals surface area contributed by atoms with Gasteiger partial charge in [-0.3, -0.25) is 9.52 Å². The first-order valence-electron chi connectivity index (χ1n) is 8.68. The number of carbonyl (C=O) groups is 1. The number of benzene rings is 1. The van der Waals surface area contributed by atoms with Crippen molar-refractivity contribution >= 4 is 54.9 Å². The third kappa shape index (κ3) is 4.89. The van der Waals surface area contributed by atoms with Crippen LogP contribution in [0.15, 0.2) is 22.5 Å². The second kappa shape index (κ2) is 8.14. The molecule has 26 heavy (non-hydrogen) atoms.